The number of aromatic nitrogens is 3. The first kappa shape index (κ1) is 17.4. The van der Waals surface area contributed by atoms with E-state index in [-0.39, 0.29) is 0 Å². The molecule has 138 valence electrons. The van der Waals surface area contributed by atoms with Crippen molar-refractivity contribution in [3.8, 4) is 35.1 Å². The smallest absolute Gasteiger partial charge is 0.180 e. The van der Waals surface area contributed by atoms with Gasteiger partial charge in [-0.25, -0.2) is 9.97 Å². The second-order valence-electron chi connectivity index (χ2n) is 6.05. The first-order valence-electron chi connectivity index (χ1n) is 8.61. The Morgan fingerprint density at radius 1 is 1.04 bits per heavy atom. The molecule has 1 N–H and O–H groups in total. The standard InChI is InChI=1S/C22H18N4O2/c1-4-15-5-7-16(8-6-15)18-14-26-12-11-23-22(26)21(25-18)24-17-9-10-19(27-2)20(13-17)28-3/h1,5-14H,2-3H3,(H,24,25). The number of anilines is 2. The third kappa shape index (κ3) is 3.21. The van der Waals surface area contributed by atoms with Gasteiger partial charge in [-0.05, 0) is 24.3 Å². The van der Waals surface area contributed by atoms with Gasteiger partial charge in [0.05, 0.1) is 19.9 Å². The van der Waals surface area contributed by atoms with Gasteiger partial charge in [-0.15, -0.1) is 6.42 Å². The van der Waals surface area contributed by atoms with Gasteiger partial charge >= 0.3 is 0 Å². The average Bonchev–Trinajstić information content (AvgIpc) is 3.22. The van der Waals surface area contributed by atoms with Crippen LogP contribution in [0.1, 0.15) is 5.56 Å². The number of benzene rings is 2. The lowest BCUT2D eigenvalue weighted by Crippen LogP contribution is -2.01. The molecule has 4 aromatic rings. The summed E-state index contributed by atoms with van der Waals surface area (Å²) in [5.41, 5.74) is 4.13. The quantitative estimate of drug-likeness (QED) is 0.535. The molecular weight excluding hydrogens is 352 g/mol. The molecule has 0 saturated heterocycles. The summed E-state index contributed by atoms with van der Waals surface area (Å²) in [5.74, 6) is 4.55. The van der Waals surface area contributed by atoms with E-state index >= 15 is 0 Å². The fourth-order valence-electron chi connectivity index (χ4n) is 2.94. The van der Waals surface area contributed by atoms with Gasteiger partial charge in [0.1, 0.15) is 0 Å². The first-order chi connectivity index (χ1) is 13.7. The molecule has 0 aliphatic rings. The Bertz CT molecular complexity index is 1170. The van der Waals surface area contributed by atoms with E-state index in [0.29, 0.717) is 17.3 Å². The van der Waals surface area contributed by atoms with Gasteiger partial charge in [0, 0.05) is 41.5 Å². The molecule has 0 saturated carbocycles. The van der Waals surface area contributed by atoms with Gasteiger partial charge in [-0.1, -0.05) is 18.1 Å². The van der Waals surface area contributed by atoms with Gasteiger partial charge in [-0.3, -0.25) is 0 Å². The molecule has 0 amide bonds. The molecule has 4 rings (SSSR count). The van der Waals surface area contributed by atoms with E-state index < -0.39 is 0 Å². The van der Waals surface area contributed by atoms with E-state index in [1.165, 1.54) is 0 Å². The number of fused-ring (bicyclic) bond motifs is 1. The third-order valence-electron chi connectivity index (χ3n) is 4.37. The van der Waals surface area contributed by atoms with Crippen LogP contribution >= 0.6 is 0 Å². The van der Waals surface area contributed by atoms with Crippen molar-refractivity contribution in [2.75, 3.05) is 19.5 Å². The van der Waals surface area contributed by atoms with Gasteiger partial charge in [-0.2, -0.15) is 0 Å². The van der Waals surface area contributed by atoms with E-state index in [2.05, 4.69) is 16.2 Å². The maximum atomic E-state index is 5.45. The normalized spacial score (nSPS) is 10.5. The Kier molecular flexibility index (Phi) is 4.56. The SMILES string of the molecule is C#Cc1ccc(-c2cn3ccnc3c(Nc3ccc(OC)c(OC)c3)n2)cc1. The molecule has 0 fully saturated rings. The fraction of sp³-hybridized carbons (Fsp3) is 0.0909. The highest BCUT2D eigenvalue weighted by molar-refractivity contribution is 5.74. The minimum Gasteiger partial charge on any atom is -0.493 e. The van der Waals surface area contributed by atoms with Crippen LogP contribution in [0.25, 0.3) is 16.9 Å². The van der Waals surface area contributed by atoms with Crippen molar-refractivity contribution < 1.29 is 9.47 Å². The van der Waals surface area contributed by atoms with Gasteiger partial charge < -0.3 is 19.2 Å². The zero-order chi connectivity index (χ0) is 19.5. The fourth-order valence-corrected chi connectivity index (χ4v) is 2.94. The Labute approximate surface area is 162 Å². The molecule has 2 aromatic heterocycles. The number of hydrogen-bond acceptors (Lipinski definition) is 5. The van der Waals surface area contributed by atoms with Crippen molar-refractivity contribution in [2.24, 2.45) is 0 Å². The van der Waals surface area contributed by atoms with Gasteiger partial charge in [0.2, 0.25) is 0 Å². The van der Waals surface area contributed by atoms with Crippen LogP contribution in [-0.2, 0) is 0 Å². The minimum absolute atomic E-state index is 0.632. The van der Waals surface area contributed by atoms with Crippen molar-refractivity contribution in [1.29, 1.82) is 0 Å². The molecule has 0 unspecified atom stereocenters. The molecule has 0 spiro atoms. The molecule has 0 bridgehead atoms. The van der Waals surface area contributed by atoms with Crippen LogP contribution in [0.4, 0.5) is 11.5 Å². The maximum Gasteiger partial charge on any atom is 0.180 e. The number of nitrogens with zero attached hydrogens (tertiary/aromatic N) is 3. The zero-order valence-electron chi connectivity index (χ0n) is 15.5. The molecule has 28 heavy (non-hydrogen) atoms. The second kappa shape index (κ2) is 7.33. The van der Waals surface area contributed by atoms with Crippen LogP contribution in [-0.4, -0.2) is 28.6 Å². The van der Waals surface area contributed by atoms with E-state index in [0.717, 1.165) is 28.2 Å². The molecule has 0 aliphatic carbocycles. The summed E-state index contributed by atoms with van der Waals surface area (Å²) in [4.78, 5) is 9.18. The summed E-state index contributed by atoms with van der Waals surface area (Å²) >= 11 is 0. The Balaban J connectivity index is 1.76. The molecule has 0 aliphatic heterocycles. The summed E-state index contributed by atoms with van der Waals surface area (Å²) in [6, 6.07) is 13.3. The van der Waals surface area contributed by atoms with Crippen molar-refractivity contribution in [2.45, 2.75) is 0 Å². The highest BCUT2D eigenvalue weighted by atomic mass is 16.5. The predicted octanol–water partition coefficient (Wildman–Crippen LogP) is 4.14. The summed E-state index contributed by atoms with van der Waals surface area (Å²) < 4.78 is 12.6. The largest absolute Gasteiger partial charge is 0.493 e. The molecule has 6 nitrogen and oxygen atoms in total. The number of imidazole rings is 1. The van der Waals surface area contributed by atoms with Gasteiger partial charge in [0.25, 0.3) is 0 Å². The highest BCUT2D eigenvalue weighted by Gasteiger charge is 2.11. The second-order valence-corrected chi connectivity index (χ2v) is 6.05. The molecule has 0 radical (unpaired) electrons. The molecule has 6 heteroatoms. The van der Waals surface area contributed by atoms with Crippen molar-refractivity contribution >= 4 is 17.2 Å². The van der Waals surface area contributed by atoms with Crippen molar-refractivity contribution in [3.05, 3.63) is 66.6 Å². The summed E-state index contributed by atoms with van der Waals surface area (Å²) in [7, 11) is 3.21. The van der Waals surface area contributed by atoms with Crippen LogP contribution in [0.2, 0.25) is 0 Å². The van der Waals surface area contributed by atoms with Crippen LogP contribution < -0.4 is 14.8 Å². The summed E-state index contributed by atoms with van der Waals surface area (Å²) in [6.45, 7) is 0. The Morgan fingerprint density at radius 3 is 2.54 bits per heavy atom. The molecule has 2 aromatic carbocycles. The van der Waals surface area contributed by atoms with E-state index in [9.17, 15) is 0 Å². The first-order valence-corrected chi connectivity index (χ1v) is 8.61. The summed E-state index contributed by atoms with van der Waals surface area (Å²) in [5, 5.41) is 3.33. The molecular formula is C22H18N4O2. The van der Waals surface area contributed by atoms with Crippen LogP contribution in [0, 0.1) is 12.3 Å². The topological polar surface area (TPSA) is 60.7 Å². The van der Waals surface area contributed by atoms with Crippen LogP contribution in [0.3, 0.4) is 0 Å². The zero-order valence-corrected chi connectivity index (χ0v) is 15.5. The molecule has 2 heterocycles. The average molecular weight is 370 g/mol. The highest BCUT2D eigenvalue weighted by Crippen LogP contribution is 2.32. The number of rotatable bonds is 5. The van der Waals surface area contributed by atoms with E-state index in [1.54, 1.807) is 20.4 Å². The number of terminal acetylenes is 1. The maximum absolute atomic E-state index is 5.45. The predicted molar refractivity (Wildman–Crippen MR) is 109 cm³/mol. The lowest BCUT2D eigenvalue weighted by molar-refractivity contribution is 0.355. The van der Waals surface area contributed by atoms with Crippen LogP contribution in [0.5, 0.6) is 11.5 Å². The number of nitrogens with one attached hydrogen (secondary N) is 1. The Morgan fingerprint density at radius 2 is 1.82 bits per heavy atom. The van der Waals surface area contributed by atoms with Crippen molar-refractivity contribution in [1.82, 2.24) is 14.4 Å². The lowest BCUT2D eigenvalue weighted by atomic mass is 10.1. The van der Waals surface area contributed by atoms with E-state index in [1.807, 2.05) is 59.3 Å². The minimum atomic E-state index is 0.632. The number of hydrogen-bond donors (Lipinski definition) is 1. The number of methoxy groups -OCH3 is 2. The third-order valence-corrected chi connectivity index (χ3v) is 4.37. The number of ether oxygens (including phenoxy) is 2. The van der Waals surface area contributed by atoms with Gasteiger partial charge in [0.15, 0.2) is 23.0 Å². The van der Waals surface area contributed by atoms with E-state index in [4.69, 9.17) is 20.9 Å². The monoisotopic (exact) mass is 370 g/mol. The van der Waals surface area contributed by atoms with Crippen molar-refractivity contribution in [3.63, 3.8) is 0 Å². The summed E-state index contributed by atoms with van der Waals surface area (Å²) in [6.07, 6.45) is 11.0. The van der Waals surface area contributed by atoms with Crippen LogP contribution in [0.15, 0.2) is 61.1 Å². The molecule has 0 atom stereocenters. The Hall–Kier alpha value is -3.98. The lowest BCUT2D eigenvalue weighted by Gasteiger charge is -2.12.